The molecule has 0 saturated carbocycles. The normalized spacial score (nSPS) is 10.3. The third-order valence-corrected chi connectivity index (χ3v) is 2.37. The van der Waals surface area contributed by atoms with Gasteiger partial charge in [-0.25, -0.2) is 4.98 Å². The Morgan fingerprint density at radius 2 is 2.28 bits per heavy atom. The fourth-order valence-electron chi connectivity index (χ4n) is 1.38. The molecular weight excluding hydrogens is 256 g/mol. The Labute approximate surface area is 109 Å². The minimum atomic E-state index is 0.110. The molecule has 0 amide bonds. The van der Waals surface area contributed by atoms with Crippen molar-refractivity contribution in [3.05, 3.63) is 24.0 Å². The van der Waals surface area contributed by atoms with E-state index in [1.165, 1.54) is 7.11 Å². The molecule has 2 heterocycles. The first-order chi connectivity index (χ1) is 8.78. The molecule has 2 rings (SSSR count). The van der Waals surface area contributed by atoms with Gasteiger partial charge in [-0.2, -0.15) is 15.0 Å². The third-order valence-electron chi connectivity index (χ3n) is 2.21. The van der Waals surface area contributed by atoms with E-state index in [0.29, 0.717) is 5.95 Å². The average Bonchev–Trinajstić information content (AvgIpc) is 2.87. The standard InChI is InChI=1S/C10H13ClN6O/c1-18-10-15-8(11)14-9(16-10)13-3-2-5-17-6-4-12-7-17/h4,6-7H,2-3,5H2,1H3,(H,13,14,15,16). The molecule has 0 aliphatic rings. The molecule has 2 aromatic heterocycles. The Morgan fingerprint density at radius 3 is 3.00 bits per heavy atom. The Balaban J connectivity index is 1.81. The highest BCUT2D eigenvalue weighted by molar-refractivity contribution is 6.28. The topological polar surface area (TPSA) is 77.8 Å². The predicted octanol–water partition coefficient (Wildman–Crippen LogP) is 1.23. The highest BCUT2D eigenvalue weighted by atomic mass is 35.5. The van der Waals surface area contributed by atoms with Crippen molar-refractivity contribution < 1.29 is 4.74 Å². The molecule has 0 bridgehead atoms. The van der Waals surface area contributed by atoms with Crippen LogP contribution in [0, 0.1) is 0 Å². The summed E-state index contributed by atoms with van der Waals surface area (Å²) in [6, 6.07) is 0.201. The first-order valence-corrected chi connectivity index (χ1v) is 5.81. The highest BCUT2D eigenvalue weighted by Crippen LogP contribution is 2.10. The molecule has 1 N–H and O–H groups in total. The second kappa shape index (κ2) is 6.15. The molecule has 0 saturated heterocycles. The number of aryl methyl sites for hydroxylation is 1. The van der Waals surface area contributed by atoms with Crippen LogP contribution in [0.15, 0.2) is 18.7 Å². The van der Waals surface area contributed by atoms with E-state index in [1.54, 1.807) is 12.5 Å². The number of halogens is 1. The SMILES string of the molecule is COc1nc(Cl)nc(NCCCn2ccnc2)n1. The first kappa shape index (κ1) is 12.6. The highest BCUT2D eigenvalue weighted by Gasteiger charge is 2.03. The minimum absolute atomic E-state index is 0.110. The van der Waals surface area contributed by atoms with Crippen molar-refractivity contribution in [2.75, 3.05) is 19.0 Å². The number of methoxy groups -OCH3 is 1. The molecule has 0 aliphatic heterocycles. The van der Waals surface area contributed by atoms with E-state index in [2.05, 4.69) is 25.3 Å². The van der Waals surface area contributed by atoms with Crippen molar-refractivity contribution in [2.24, 2.45) is 0 Å². The predicted molar refractivity (Wildman–Crippen MR) is 66.7 cm³/mol. The van der Waals surface area contributed by atoms with Gasteiger partial charge < -0.3 is 14.6 Å². The van der Waals surface area contributed by atoms with E-state index in [0.717, 1.165) is 19.5 Å². The number of nitrogens with one attached hydrogen (secondary N) is 1. The van der Waals surface area contributed by atoms with E-state index >= 15 is 0 Å². The molecule has 8 heteroatoms. The fraction of sp³-hybridized carbons (Fsp3) is 0.400. The maximum atomic E-state index is 5.73. The smallest absolute Gasteiger partial charge is 0.322 e. The molecule has 0 atom stereocenters. The van der Waals surface area contributed by atoms with E-state index in [9.17, 15) is 0 Å². The summed E-state index contributed by atoms with van der Waals surface area (Å²) in [6.45, 7) is 1.60. The number of nitrogens with zero attached hydrogens (tertiary/aromatic N) is 5. The second-order valence-corrected chi connectivity index (χ2v) is 3.83. The lowest BCUT2D eigenvalue weighted by Gasteiger charge is -2.06. The van der Waals surface area contributed by atoms with Crippen LogP contribution in [0.3, 0.4) is 0 Å². The molecule has 2 aromatic rings. The van der Waals surface area contributed by atoms with Crippen molar-refractivity contribution >= 4 is 17.5 Å². The largest absolute Gasteiger partial charge is 0.467 e. The maximum Gasteiger partial charge on any atom is 0.322 e. The van der Waals surface area contributed by atoms with Crippen molar-refractivity contribution in [3.63, 3.8) is 0 Å². The van der Waals surface area contributed by atoms with Crippen molar-refractivity contribution in [3.8, 4) is 6.01 Å². The third kappa shape index (κ3) is 3.56. The Bertz CT molecular complexity index is 489. The van der Waals surface area contributed by atoms with Crippen LogP contribution in [-0.2, 0) is 6.54 Å². The quantitative estimate of drug-likeness (QED) is 0.794. The van der Waals surface area contributed by atoms with Gasteiger partial charge in [-0.1, -0.05) is 0 Å². The summed E-state index contributed by atoms with van der Waals surface area (Å²) in [4.78, 5) is 15.7. The summed E-state index contributed by atoms with van der Waals surface area (Å²) in [5.41, 5.74) is 0. The molecule has 18 heavy (non-hydrogen) atoms. The molecule has 0 fully saturated rings. The molecule has 96 valence electrons. The maximum absolute atomic E-state index is 5.73. The molecular formula is C10H13ClN6O. The number of ether oxygens (including phenoxy) is 1. The van der Waals surface area contributed by atoms with Gasteiger partial charge in [0.2, 0.25) is 11.2 Å². The van der Waals surface area contributed by atoms with Crippen molar-refractivity contribution in [1.29, 1.82) is 0 Å². The average molecular weight is 269 g/mol. The lowest BCUT2D eigenvalue weighted by Crippen LogP contribution is -2.09. The van der Waals surface area contributed by atoms with Gasteiger partial charge in [0.1, 0.15) is 0 Å². The zero-order chi connectivity index (χ0) is 12.8. The van der Waals surface area contributed by atoms with Gasteiger partial charge in [0, 0.05) is 25.5 Å². The number of imidazole rings is 1. The Hall–Kier alpha value is -1.89. The van der Waals surface area contributed by atoms with Crippen LogP contribution in [-0.4, -0.2) is 38.2 Å². The number of hydrogen-bond acceptors (Lipinski definition) is 6. The van der Waals surface area contributed by atoms with E-state index in [-0.39, 0.29) is 11.3 Å². The molecule has 0 spiro atoms. The summed E-state index contributed by atoms with van der Waals surface area (Å²) in [7, 11) is 1.48. The van der Waals surface area contributed by atoms with Crippen LogP contribution in [0.5, 0.6) is 6.01 Å². The van der Waals surface area contributed by atoms with Crippen LogP contribution in [0.2, 0.25) is 5.28 Å². The van der Waals surface area contributed by atoms with E-state index < -0.39 is 0 Å². The Morgan fingerprint density at radius 1 is 1.39 bits per heavy atom. The lowest BCUT2D eigenvalue weighted by atomic mass is 10.4. The van der Waals surface area contributed by atoms with Crippen LogP contribution in [0.1, 0.15) is 6.42 Å². The number of aromatic nitrogens is 5. The van der Waals surface area contributed by atoms with E-state index in [4.69, 9.17) is 16.3 Å². The van der Waals surface area contributed by atoms with Crippen molar-refractivity contribution in [2.45, 2.75) is 13.0 Å². The lowest BCUT2D eigenvalue weighted by molar-refractivity contribution is 0.379. The minimum Gasteiger partial charge on any atom is -0.467 e. The molecule has 0 radical (unpaired) electrons. The van der Waals surface area contributed by atoms with Gasteiger partial charge in [0.05, 0.1) is 13.4 Å². The van der Waals surface area contributed by atoms with Gasteiger partial charge in [-0.15, -0.1) is 0 Å². The van der Waals surface area contributed by atoms with Crippen LogP contribution < -0.4 is 10.1 Å². The van der Waals surface area contributed by atoms with Gasteiger partial charge in [-0.3, -0.25) is 0 Å². The van der Waals surface area contributed by atoms with Gasteiger partial charge in [-0.05, 0) is 18.0 Å². The number of rotatable bonds is 6. The van der Waals surface area contributed by atoms with Gasteiger partial charge in [0.25, 0.3) is 0 Å². The second-order valence-electron chi connectivity index (χ2n) is 3.50. The van der Waals surface area contributed by atoms with Crippen molar-refractivity contribution in [1.82, 2.24) is 24.5 Å². The molecule has 0 aliphatic carbocycles. The molecule has 7 nitrogen and oxygen atoms in total. The molecule has 0 unspecified atom stereocenters. The number of hydrogen-bond donors (Lipinski definition) is 1. The summed E-state index contributed by atoms with van der Waals surface area (Å²) in [6.07, 6.45) is 6.37. The zero-order valence-corrected chi connectivity index (χ0v) is 10.6. The van der Waals surface area contributed by atoms with E-state index in [1.807, 2.05) is 10.8 Å². The fourth-order valence-corrected chi connectivity index (χ4v) is 1.54. The van der Waals surface area contributed by atoms with Gasteiger partial charge >= 0.3 is 6.01 Å². The Kier molecular flexibility index (Phi) is 4.30. The first-order valence-electron chi connectivity index (χ1n) is 5.43. The summed E-state index contributed by atoms with van der Waals surface area (Å²) in [5.74, 6) is 0.414. The van der Waals surface area contributed by atoms with Crippen LogP contribution >= 0.6 is 11.6 Å². The van der Waals surface area contributed by atoms with Crippen LogP contribution in [0.4, 0.5) is 5.95 Å². The number of anilines is 1. The van der Waals surface area contributed by atoms with Crippen LogP contribution in [0.25, 0.3) is 0 Å². The summed E-state index contributed by atoms with van der Waals surface area (Å²) < 4.78 is 6.90. The monoisotopic (exact) mass is 268 g/mol. The zero-order valence-electron chi connectivity index (χ0n) is 9.88. The summed E-state index contributed by atoms with van der Waals surface area (Å²) in [5, 5.41) is 3.17. The van der Waals surface area contributed by atoms with Gasteiger partial charge in [0.15, 0.2) is 0 Å². The molecule has 0 aromatic carbocycles. The summed E-state index contributed by atoms with van der Waals surface area (Å²) >= 11 is 5.73.